The number of rotatable bonds is 7. The van der Waals surface area contributed by atoms with Gasteiger partial charge < -0.3 is 15.2 Å². The molecule has 2 N–H and O–H groups in total. The van der Waals surface area contributed by atoms with Crippen LogP contribution in [0.15, 0.2) is 42.5 Å². The molecule has 2 aromatic carbocycles. The number of halogens is 2. The molecule has 4 nitrogen and oxygen atoms in total. The molecule has 0 fully saturated rings. The zero-order valence-electron chi connectivity index (χ0n) is 15.1. The normalized spacial score (nSPS) is 12.5. The smallest absolute Gasteiger partial charge is 0.379 e. The van der Waals surface area contributed by atoms with Gasteiger partial charge in [0.05, 0.1) is 6.61 Å². The summed E-state index contributed by atoms with van der Waals surface area (Å²) in [4.78, 5) is 11.5. The summed E-state index contributed by atoms with van der Waals surface area (Å²) >= 11 is 0. The Labute approximate surface area is 151 Å². The maximum Gasteiger partial charge on any atom is 0.379 e. The molecule has 0 saturated carbocycles. The molecule has 0 radical (unpaired) electrons. The fourth-order valence-corrected chi connectivity index (χ4v) is 2.68. The van der Waals surface area contributed by atoms with Crippen LogP contribution in [0, 0.1) is 13.8 Å². The van der Waals surface area contributed by atoms with Crippen molar-refractivity contribution in [1.82, 2.24) is 0 Å². The molecule has 0 aromatic heterocycles. The lowest BCUT2D eigenvalue weighted by Crippen LogP contribution is -2.41. The second-order valence-corrected chi connectivity index (χ2v) is 6.08. The summed E-state index contributed by atoms with van der Waals surface area (Å²) in [5.74, 6) is -4.81. The standard InChI is InChI=1S/C20H23F2NO3/c1-4-25-19(24)20(21,22)18(23)16-10-13(2)17(14(3)11-16)26-12-15-8-6-5-7-9-15/h5-11,18H,4,12,23H2,1-3H3/t18-/m0/s1. The van der Waals surface area contributed by atoms with Gasteiger partial charge in [-0.3, -0.25) is 0 Å². The highest BCUT2D eigenvalue weighted by Crippen LogP contribution is 2.34. The number of carbonyl (C=O) groups is 1. The lowest BCUT2D eigenvalue weighted by Gasteiger charge is -2.23. The van der Waals surface area contributed by atoms with Crippen LogP contribution in [0.3, 0.4) is 0 Å². The predicted molar refractivity (Wildman–Crippen MR) is 95.2 cm³/mol. The number of ether oxygens (including phenoxy) is 2. The van der Waals surface area contributed by atoms with E-state index in [4.69, 9.17) is 10.5 Å². The minimum Gasteiger partial charge on any atom is -0.488 e. The van der Waals surface area contributed by atoms with Crippen molar-refractivity contribution < 1.29 is 23.0 Å². The molecular formula is C20H23F2NO3. The van der Waals surface area contributed by atoms with Crippen LogP contribution in [0.2, 0.25) is 0 Å². The monoisotopic (exact) mass is 363 g/mol. The molecule has 0 unspecified atom stereocenters. The Morgan fingerprint density at radius 3 is 2.27 bits per heavy atom. The van der Waals surface area contributed by atoms with Crippen molar-refractivity contribution in [1.29, 1.82) is 0 Å². The van der Waals surface area contributed by atoms with Crippen LogP contribution in [0.5, 0.6) is 5.75 Å². The molecule has 0 aliphatic heterocycles. The molecule has 140 valence electrons. The summed E-state index contributed by atoms with van der Waals surface area (Å²) in [6.07, 6.45) is 0. The Morgan fingerprint density at radius 1 is 1.15 bits per heavy atom. The number of alkyl halides is 2. The largest absolute Gasteiger partial charge is 0.488 e. The summed E-state index contributed by atoms with van der Waals surface area (Å²) in [7, 11) is 0. The number of hydrogen-bond donors (Lipinski definition) is 1. The Kier molecular flexibility index (Phi) is 6.32. The average Bonchev–Trinajstić information content (AvgIpc) is 2.61. The maximum atomic E-state index is 14.2. The van der Waals surface area contributed by atoms with E-state index < -0.39 is 17.9 Å². The van der Waals surface area contributed by atoms with Crippen LogP contribution < -0.4 is 10.5 Å². The molecule has 2 aromatic rings. The van der Waals surface area contributed by atoms with Gasteiger partial charge in [0.1, 0.15) is 18.4 Å². The zero-order chi connectivity index (χ0) is 19.3. The van der Waals surface area contributed by atoms with Gasteiger partial charge >= 0.3 is 11.9 Å². The van der Waals surface area contributed by atoms with E-state index in [2.05, 4.69) is 4.74 Å². The van der Waals surface area contributed by atoms with Gasteiger partial charge in [-0.05, 0) is 43.0 Å². The van der Waals surface area contributed by atoms with E-state index in [0.717, 1.165) is 5.56 Å². The van der Waals surface area contributed by atoms with Gasteiger partial charge in [0.15, 0.2) is 0 Å². The molecule has 6 heteroatoms. The number of hydrogen-bond acceptors (Lipinski definition) is 4. The van der Waals surface area contributed by atoms with Crippen LogP contribution in [0.25, 0.3) is 0 Å². The summed E-state index contributed by atoms with van der Waals surface area (Å²) in [6, 6.07) is 10.9. The van der Waals surface area contributed by atoms with Crippen molar-refractivity contribution in [3.63, 3.8) is 0 Å². The number of esters is 1. The van der Waals surface area contributed by atoms with Gasteiger partial charge in [-0.2, -0.15) is 8.78 Å². The fraction of sp³-hybridized carbons (Fsp3) is 0.350. The Balaban J connectivity index is 2.21. The second-order valence-electron chi connectivity index (χ2n) is 6.08. The first-order valence-corrected chi connectivity index (χ1v) is 8.35. The van der Waals surface area contributed by atoms with Crippen LogP contribution in [0.4, 0.5) is 8.78 Å². The van der Waals surface area contributed by atoms with E-state index in [1.165, 1.54) is 19.1 Å². The third-order valence-electron chi connectivity index (χ3n) is 4.01. The van der Waals surface area contributed by atoms with Gasteiger partial charge in [-0.25, -0.2) is 4.79 Å². The molecule has 26 heavy (non-hydrogen) atoms. The summed E-state index contributed by atoms with van der Waals surface area (Å²) in [5, 5.41) is 0. The SMILES string of the molecule is CCOC(=O)C(F)(F)[C@@H](N)c1cc(C)c(OCc2ccccc2)c(C)c1. The van der Waals surface area contributed by atoms with E-state index >= 15 is 0 Å². The highest BCUT2D eigenvalue weighted by atomic mass is 19.3. The van der Waals surface area contributed by atoms with E-state index in [9.17, 15) is 13.6 Å². The van der Waals surface area contributed by atoms with Crippen molar-refractivity contribution in [2.75, 3.05) is 6.61 Å². The molecule has 2 rings (SSSR count). The van der Waals surface area contributed by atoms with E-state index in [1.54, 1.807) is 13.8 Å². The van der Waals surface area contributed by atoms with Crippen molar-refractivity contribution >= 4 is 5.97 Å². The van der Waals surface area contributed by atoms with Gasteiger partial charge in [-0.15, -0.1) is 0 Å². The number of nitrogens with two attached hydrogens (primary N) is 1. The number of benzene rings is 2. The maximum absolute atomic E-state index is 14.2. The molecular weight excluding hydrogens is 340 g/mol. The molecule has 0 amide bonds. The third-order valence-corrected chi connectivity index (χ3v) is 4.01. The minimum atomic E-state index is -3.80. The molecule has 0 bridgehead atoms. The molecule has 0 aliphatic rings. The van der Waals surface area contributed by atoms with Crippen molar-refractivity contribution in [3.8, 4) is 5.75 Å². The minimum absolute atomic E-state index is 0.133. The zero-order valence-corrected chi connectivity index (χ0v) is 15.1. The third kappa shape index (κ3) is 4.38. The number of carbonyl (C=O) groups excluding carboxylic acids is 1. The first-order chi connectivity index (χ1) is 12.3. The van der Waals surface area contributed by atoms with E-state index in [-0.39, 0.29) is 12.2 Å². The van der Waals surface area contributed by atoms with Crippen molar-refractivity contribution in [3.05, 3.63) is 64.7 Å². The van der Waals surface area contributed by atoms with Crippen LogP contribution >= 0.6 is 0 Å². The van der Waals surface area contributed by atoms with Gasteiger partial charge in [-0.1, -0.05) is 42.5 Å². The summed E-state index contributed by atoms with van der Waals surface area (Å²) in [5.41, 5.74) is 8.17. The Hall–Kier alpha value is -2.47. The average molecular weight is 363 g/mol. The van der Waals surface area contributed by atoms with Crippen molar-refractivity contribution in [2.45, 2.75) is 39.3 Å². The second kappa shape index (κ2) is 8.27. The first-order valence-electron chi connectivity index (χ1n) is 8.35. The predicted octanol–water partition coefficient (Wildman–Crippen LogP) is 4.08. The van der Waals surface area contributed by atoms with E-state index in [0.29, 0.717) is 23.5 Å². The van der Waals surface area contributed by atoms with E-state index in [1.807, 2.05) is 30.3 Å². The molecule has 0 spiro atoms. The molecule has 0 saturated heterocycles. The summed E-state index contributed by atoms with van der Waals surface area (Å²) < 4.78 is 38.6. The Morgan fingerprint density at radius 2 is 1.73 bits per heavy atom. The molecule has 0 aliphatic carbocycles. The Bertz CT molecular complexity index is 740. The molecule has 0 heterocycles. The van der Waals surface area contributed by atoms with Crippen molar-refractivity contribution in [2.24, 2.45) is 5.73 Å². The van der Waals surface area contributed by atoms with Gasteiger partial charge in [0.25, 0.3) is 0 Å². The lowest BCUT2D eigenvalue weighted by atomic mass is 9.96. The van der Waals surface area contributed by atoms with Gasteiger partial charge in [0.2, 0.25) is 0 Å². The summed E-state index contributed by atoms with van der Waals surface area (Å²) in [6.45, 7) is 5.21. The number of aryl methyl sites for hydroxylation is 2. The topological polar surface area (TPSA) is 61.5 Å². The highest BCUT2D eigenvalue weighted by Gasteiger charge is 2.47. The lowest BCUT2D eigenvalue weighted by molar-refractivity contribution is -0.174. The van der Waals surface area contributed by atoms with Crippen LogP contribution in [-0.2, 0) is 16.1 Å². The highest BCUT2D eigenvalue weighted by molar-refractivity contribution is 5.79. The van der Waals surface area contributed by atoms with Crippen LogP contribution in [-0.4, -0.2) is 18.5 Å². The molecule has 1 atom stereocenters. The fourth-order valence-electron chi connectivity index (χ4n) is 2.68. The van der Waals surface area contributed by atoms with Gasteiger partial charge in [0, 0.05) is 0 Å². The van der Waals surface area contributed by atoms with Crippen LogP contribution in [0.1, 0.15) is 35.2 Å². The first kappa shape index (κ1) is 19.8. The quantitative estimate of drug-likeness (QED) is 0.753.